The molecular weight excluding hydrogens is 567 g/mol. The van der Waals surface area contributed by atoms with Gasteiger partial charge >= 0.3 is 0 Å². The number of pyridine rings is 1. The molecule has 4 rings (SSSR count). The Morgan fingerprint density at radius 3 is 2.26 bits per heavy atom. The lowest BCUT2D eigenvalue weighted by molar-refractivity contribution is -0.130. The van der Waals surface area contributed by atoms with Crippen LogP contribution in [0.1, 0.15) is 24.4 Å². The maximum atomic E-state index is 13.6. The van der Waals surface area contributed by atoms with Crippen molar-refractivity contribution in [3.63, 3.8) is 0 Å². The second kappa shape index (κ2) is 12.2. The Labute approximate surface area is 239 Å². The molecule has 0 saturated carbocycles. The molecule has 0 aliphatic carbocycles. The van der Waals surface area contributed by atoms with Crippen LogP contribution in [0.25, 0.3) is 11.1 Å². The number of likely N-dealkylation sites (tertiary alicyclic amines) is 1. The lowest BCUT2D eigenvalue weighted by Gasteiger charge is -2.33. The minimum atomic E-state index is -3.77. The number of halogens is 3. The Balaban J connectivity index is 1.60. The fourth-order valence-corrected chi connectivity index (χ4v) is 5.90. The number of carbonyl (C=O) groups excluding carboxylic acids is 1. The van der Waals surface area contributed by atoms with Crippen LogP contribution in [-0.4, -0.2) is 68.6 Å². The van der Waals surface area contributed by atoms with E-state index in [2.05, 4.69) is 9.88 Å². The molecule has 0 spiro atoms. The summed E-state index contributed by atoms with van der Waals surface area (Å²) < 4.78 is 26.4. The number of anilines is 1. The van der Waals surface area contributed by atoms with Gasteiger partial charge in [0.1, 0.15) is 11.7 Å². The minimum Gasteiger partial charge on any atom is -0.336 e. The Kier molecular flexibility index (Phi) is 9.21. The van der Waals surface area contributed by atoms with Crippen molar-refractivity contribution in [3.05, 3.63) is 81.6 Å². The minimum absolute atomic E-state index is 0.209. The predicted molar refractivity (Wildman–Crippen MR) is 155 cm³/mol. The smallest absolute Gasteiger partial charge is 0.243 e. The first-order valence-corrected chi connectivity index (χ1v) is 15.1. The van der Waals surface area contributed by atoms with E-state index < -0.39 is 10.0 Å². The Morgan fingerprint density at radius 2 is 1.66 bits per heavy atom. The van der Waals surface area contributed by atoms with Crippen LogP contribution >= 0.6 is 34.8 Å². The quantitative estimate of drug-likeness (QED) is 0.294. The second-order valence-electron chi connectivity index (χ2n) is 9.39. The molecule has 1 unspecified atom stereocenters. The number of sulfonamides is 1. The maximum absolute atomic E-state index is 13.6. The highest BCUT2D eigenvalue weighted by Crippen LogP contribution is 2.30. The molecule has 1 fully saturated rings. The summed E-state index contributed by atoms with van der Waals surface area (Å²) in [5.74, 6) is -0.337. The third-order valence-corrected chi connectivity index (χ3v) is 8.80. The van der Waals surface area contributed by atoms with Gasteiger partial charge in [0, 0.05) is 19.8 Å². The Bertz CT molecular complexity index is 1400. The number of carbonyl (C=O) groups is 1. The Hall–Kier alpha value is -2.36. The van der Waals surface area contributed by atoms with E-state index in [9.17, 15) is 13.2 Å². The van der Waals surface area contributed by atoms with E-state index in [0.29, 0.717) is 16.7 Å². The summed E-state index contributed by atoms with van der Waals surface area (Å²) >= 11 is 18.2. The summed E-state index contributed by atoms with van der Waals surface area (Å²) in [5.41, 5.74) is 3.16. The molecule has 0 radical (unpaired) electrons. The monoisotopic (exact) mass is 594 g/mol. The van der Waals surface area contributed by atoms with Gasteiger partial charge in [0.25, 0.3) is 0 Å². The van der Waals surface area contributed by atoms with Crippen LogP contribution in [0.2, 0.25) is 15.2 Å². The van der Waals surface area contributed by atoms with Gasteiger partial charge in [-0.15, -0.1) is 0 Å². The van der Waals surface area contributed by atoms with Crippen LogP contribution in [0, 0.1) is 0 Å². The van der Waals surface area contributed by atoms with Gasteiger partial charge in [0.05, 0.1) is 28.0 Å². The van der Waals surface area contributed by atoms with E-state index in [1.165, 1.54) is 18.2 Å². The highest BCUT2D eigenvalue weighted by molar-refractivity contribution is 7.92. The van der Waals surface area contributed by atoms with Gasteiger partial charge in [0.15, 0.2) is 0 Å². The molecule has 38 heavy (non-hydrogen) atoms. The molecule has 2 heterocycles. The van der Waals surface area contributed by atoms with Crippen molar-refractivity contribution in [1.82, 2.24) is 14.8 Å². The summed E-state index contributed by atoms with van der Waals surface area (Å²) in [6.07, 6.45) is 4.96. The van der Waals surface area contributed by atoms with E-state index >= 15 is 0 Å². The molecule has 0 bridgehead atoms. The first-order chi connectivity index (χ1) is 18.0. The third kappa shape index (κ3) is 6.98. The van der Waals surface area contributed by atoms with Gasteiger partial charge < -0.3 is 9.80 Å². The highest BCUT2D eigenvalue weighted by atomic mass is 35.5. The van der Waals surface area contributed by atoms with Crippen molar-refractivity contribution in [1.29, 1.82) is 0 Å². The number of hydrogen-bond acceptors (Lipinski definition) is 5. The van der Waals surface area contributed by atoms with Gasteiger partial charge in [-0.2, -0.15) is 0 Å². The molecule has 1 amide bonds. The van der Waals surface area contributed by atoms with Crippen LogP contribution < -0.4 is 4.31 Å². The first kappa shape index (κ1) is 28.6. The van der Waals surface area contributed by atoms with Crippen molar-refractivity contribution < 1.29 is 13.2 Å². The maximum Gasteiger partial charge on any atom is 0.243 e. The molecule has 1 aliphatic rings. The van der Waals surface area contributed by atoms with Crippen LogP contribution in [0.4, 0.5) is 5.69 Å². The van der Waals surface area contributed by atoms with Gasteiger partial charge in [-0.1, -0.05) is 59.1 Å². The zero-order chi connectivity index (χ0) is 27.4. The van der Waals surface area contributed by atoms with Crippen molar-refractivity contribution in [2.75, 3.05) is 43.8 Å². The van der Waals surface area contributed by atoms with Crippen molar-refractivity contribution in [2.45, 2.75) is 18.9 Å². The SMILES string of the molecule is CN(C(=O)CN(c1ccc(Cl)c(Cl)c1)S(C)(=O)=O)C(CN1CCCC1)c1ccc(-c2ccnc(Cl)c2)cc1. The number of nitrogens with zero attached hydrogens (tertiary/aromatic N) is 4. The standard InChI is InChI=1S/C27H29Cl3N4O3S/c1-32(27(35)18-34(38(2,36)37)22-9-10-23(28)24(29)16-22)25(17-33-13-3-4-14-33)20-7-5-19(6-8-20)21-11-12-31-26(30)15-21/h5-12,15-16,25H,3-4,13-14,17-18H2,1-2H3. The molecule has 2 aromatic carbocycles. The molecule has 1 aromatic heterocycles. The fraction of sp³-hybridized carbons (Fsp3) is 0.333. The van der Waals surface area contributed by atoms with Crippen LogP contribution in [0.15, 0.2) is 60.8 Å². The van der Waals surface area contributed by atoms with E-state index in [0.717, 1.165) is 53.2 Å². The average Bonchev–Trinajstić information content (AvgIpc) is 3.40. The molecule has 11 heteroatoms. The molecule has 1 saturated heterocycles. The normalized spacial score (nSPS) is 14.9. The summed E-state index contributed by atoms with van der Waals surface area (Å²) in [4.78, 5) is 21.6. The summed E-state index contributed by atoms with van der Waals surface area (Å²) in [7, 11) is -2.05. The zero-order valence-corrected chi connectivity index (χ0v) is 24.2. The molecule has 0 N–H and O–H groups in total. The largest absolute Gasteiger partial charge is 0.336 e. The molecule has 202 valence electrons. The molecule has 1 atom stereocenters. The summed E-state index contributed by atoms with van der Waals surface area (Å²) in [6.45, 7) is 2.21. The van der Waals surface area contributed by atoms with Gasteiger partial charge in [-0.3, -0.25) is 9.10 Å². The van der Waals surface area contributed by atoms with E-state index in [1.807, 2.05) is 30.3 Å². The van der Waals surface area contributed by atoms with Gasteiger partial charge in [0.2, 0.25) is 15.9 Å². The van der Waals surface area contributed by atoms with Crippen molar-refractivity contribution in [3.8, 4) is 11.1 Å². The molecule has 7 nitrogen and oxygen atoms in total. The van der Waals surface area contributed by atoms with Gasteiger partial charge in [-0.05, 0) is 73.0 Å². The lowest BCUT2D eigenvalue weighted by atomic mass is 10.00. The summed E-state index contributed by atoms with van der Waals surface area (Å²) in [6, 6.07) is 15.9. The predicted octanol–water partition coefficient (Wildman–Crippen LogP) is 5.77. The van der Waals surface area contributed by atoms with Gasteiger partial charge in [-0.25, -0.2) is 13.4 Å². The number of rotatable bonds is 9. The van der Waals surface area contributed by atoms with Crippen molar-refractivity contribution >= 4 is 56.4 Å². The van der Waals surface area contributed by atoms with E-state index in [1.54, 1.807) is 24.2 Å². The molecular formula is C27H29Cl3N4O3S. The second-order valence-corrected chi connectivity index (χ2v) is 12.5. The zero-order valence-electron chi connectivity index (χ0n) is 21.1. The van der Waals surface area contributed by atoms with Crippen molar-refractivity contribution in [2.24, 2.45) is 0 Å². The average molecular weight is 596 g/mol. The number of benzene rings is 2. The highest BCUT2D eigenvalue weighted by Gasteiger charge is 2.29. The Morgan fingerprint density at radius 1 is 0.974 bits per heavy atom. The number of likely N-dealkylation sites (N-methyl/N-ethyl adjacent to an activating group) is 1. The first-order valence-electron chi connectivity index (χ1n) is 12.2. The molecule has 1 aliphatic heterocycles. The topological polar surface area (TPSA) is 73.8 Å². The fourth-order valence-electron chi connectivity index (χ4n) is 4.59. The third-order valence-electron chi connectivity index (χ3n) is 6.72. The molecule has 3 aromatic rings. The number of aromatic nitrogens is 1. The number of amides is 1. The number of hydrogen-bond donors (Lipinski definition) is 0. The summed E-state index contributed by atoms with van der Waals surface area (Å²) in [5, 5.41) is 0.929. The van der Waals surface area contributed by atoms with Crippen LogP contribution in [0.3, 0.4) is 0 Å². The van der Waals surface area contributed by atoms with E-state index in [4.69, 9.17) is 34.8 Å². The van der Waals surface area contributed by atoms with Crippen LogP contribution in [-0.2, 0) is 14.8 Å². The van der Waals surface area contributed by atoms with E-state index in [-0.39, 0.29) is 29.2 Å². The van der Waals surface area contributed by atoms with Crippen LogP contribution in [0.5, 0.6) is 0 Å². The lowest BCUT2D eigenvalue weighted by Crippen LogP contribution is -2.45.